The van der Waals surface area contributed by atoms with Gasteiger partial charge in [-0.1, -0.05) is 53.0 Å². The first-order valence-corrected chi connectivity index (χ1v) is 8.34. The van der Waals surface area contributed by atoms with E-state index in [4.69, 9.17) is 0 Å². The molecular formula is C17H18BrNO. The number of carbonyl (C=O) groups is 1. The van der Waals surface area contributed by atoms with Gasteiger partial charge < -0.3 is 4.90 Å². The fourth-order valence-corrected chi connectivity index (χ4v) is 3.32. The lowest BCUT2D eigenvalue weighted by atomic mass is 10.1. The van der Waals surface area contributed by atoms with Crippen molar-refractivity contribution in [2.24, 2.45) is 0 Å². The van der Waals surface area contributed by atoms with Crippen LogP contribution in [0.4, 0.5) is 5.69 Å². The van der Waals surface area contributed by atoms with Crippen LogP contribution in [-0.2, 0) is 0 Å². The molecular weight excluding hydrogens is 314 g/mol. The Morgan fingerprint density at radius 1 is 0.950 bits per heavy atom. The lowest BCUT2D eigenvalue weighted by molar-refractivity contribution is 0.0992. The second kappa shape index (κ2) is 5.96. The second-order valence-corrected chi connectivity index (χ2v) is 6.03. The van der Waals surface area contributed by atoms with Crippen LogP contribution in [0.1, 0.15) is 36.0 Å². The molecule has 0 saturated carbocycles. The van der Waals surface area contributed by atoms with Crippen molar-refractivity contribution in [3.8, 4) is 0 Å². The van der Waals surface area contributed by atoms with Crippen LogP contribution in [0.15, 0.2) is 36.4 Å². The van der Waals surface area contributed by atoms with Gasteiger partial charge in [-0.2, -0.15) is 0 Å². The summed E-state index contributed by atoms with van der Waals surface area (Å²) in [6.07, 6.45) is 4.69. The van der Waals surface area contributed by atoms with Gasteiger partial charge >= 0.3 is 0 Å². The van der Waals surface area contributed by atoms with E-state index >= 15 is 0 Å². The van der Waals surface area contributed by atoms with E-state index in [1.54, 1.807) is 0 Å². The SMILES string of the molecule is O=C1c2cccc3cccc(c23)N1CCCCCCBr. The number of anilines is 1. The largest absolute Gasteiger partial charge is 0.308 e. The summed E-state index contributed by atoms with van der Waals surface area (Å²) in [5, 5.41) is 3.36. The maximum atomic E-state index is 12.5. The number of halogens is 1. The number of carbonyl (C=O) groups excluding carboxylic acids is 1. The van der Waals surface area contributed by atoms with Crippen LogP contribution in [0.2, 0.25) is 0 Å². The van der Waals surface area contributed by atoms with Gasteiger partial charge in [0.2, 0.25) is 0 Å². The van der Waals surface area contributed by atoms with Crippen molar-refractivity contribution in [1.29, 1.82) is 0 Å². The van der Waals surface area contributed by atoms with Gasteiger partial charge in [-0.3, -0.25) is 4.79 Å². The smallest absolute Gasteiger partial charge is 0.258 e. The number of amides is 1. The lowest BCUT2D eigenvalue weighted by Crippen LogP contribution is -2.27. The number of nitrogens with zero attached hydrogens (tertiary/aromatic N) is 1. The van der Waals surface area contributed by atoms with E-state index in [1.165, 1.54) is 19.3 Å². The van der Waals surface area contributed by atoms with Crippen molar-refractivity contribution >= 4 is 38.3 Å². The molecule has 104 valence electrons. The van der Waals surface area contributed by atoms with E-state index in [-0.39, 0.29) is 5.91 Å². The molecule has 1 aliphatic rings. The molecule has 0 radical (unpaired) electrons. The van der Waals surface area contributed by atoms with Crippen LogP contribution in [0.25, 0.3) is 10.8 Å². The van der Waals surface area contributed by atoms with Crippen LogP contribution in [0.5, 0.6) is 0 Å². The molecule has 0 aromatic heterocycles. The summed E-state index contributed by atoms with van der Waals surface area (Å²) in [4.78, 5) is 14.5. The molecule has 0 saturated heterocycles. The molecule has 2 aromatic rings. The molecule has 0 unspecified atom stereocenters. The molecule has 1 amide bonds. The third-order valence-electron chi connectivity index (χ3n) is 3.91. The Hall–Kier alpha value is -1.35. The maximum absolute atomic E-state index is 12.5. The summed E-state index contributed by atoms with van der Waals surface area (Å²) in [7, 11) is 0. The number of rotatable bonds is 6. The molecule has 2 nitrogen and oxygen atoms in total. The highest BCUT2D eigenvalue weighted by Crippen LogP contribution is 2.37. The van der Waals surface area contributed by atoms with E-state index in [0.717, 1.165) is 40.3 Å². The lowest BCUT2D eigenvalue weighted by Gasteiger charge is -2.17. The first kappa shape index (κ1) is 13.6. The minimum Gasteiger partial charge on any atom is -0.308 e. The van der Waals surface area contributed by atoms with E-state index in [2.05, 4.69) is 34.1 Å². The first-order valence-electron chi connectivity index (χ1n) is 7.22. The van der Waals surface area contributed by atoms with Gasteiger partial charge in [0.25, 0.3) is 5.91 Å². The highest BCUT2D eigenvalue weighted by atomic mass is 79.9. The van der Waals surface area contributed by atoms with Gasteiger partial charge in [-0.05, 0) is 30.4 Å². The third-order valence-corrected chi connectivity index (χ3v) is 4.48. The van der Waals surface area contributed by atoms with Gasteiger partial charge in [0.1, 0.15) is 0 Å². The molecule has 3 heteroatoms. The molecule has 20 heavy (non-hydrogen) atoms. The zero-order valence-electron chi connectivity index (χ0n) is 11.4. The van der Waals surface area contributed by atoms with Crippen molar-refractivity contribution in [3.63, 3.8) is 0 Å². The highest BCUT2D eigenvalue weighted by molar-refractivity contribution is 9.09. The second-order valence-electron chi connectivity index (χ2n) is 5.24. The van der Waals surface area contributed by atoms with Crippen molar-refractivity contribution in [1.82, 2.24) is 0 Å². The molecule has 1 heterocycles. The zero-order valence-corrected chi connectivity index (χ0v) is 13.0. The van der Waals surface area contributed by atoms with Gasteiger partial charge in [-0.15, -0.1) is 0 Å². The van der Waals surface area contributed by atoms with Crippen molar-refractivity contribution < 1.29 is 4.79 Å². The summed E-state index contributed by atoms with van der Waals surface area (Å²) < 4.78 is 0. The molecule has 0 aliphatic carbocycles. The summed E-state index contributed by atoms with van der Waals surface area (Å²) in [5.41, 5.74) is 1.95. The molecule has 0 bridgehead atoms. The van der Waals surface area contributed by atoms with Gasteiger partial charge in [0, 0.05) is 22.8 Å². The zero-order chi connectivity index (χ0) is 13.9. The molecule has 2 aromatic carbocycles. The van der Waals surface area contributed by atoms with Crippen LogP contribution in [0, 0.1) is 0 Å². The number of benzene rings is 2. The van der Waals surface area contributed by atoms with Crippen LogP contribution in [-0.4, -0.2) is 17.8 Å². The number of unbranched alkanes of at least 4 members (excludes halogenated alkanes) is 3. The van der Waals surface area contributed by atoms with Crippen molar-refractivity contribution in [2.75, 3.05) is 16.8 Å². The van der Waals surface area contributed by atoms with E-state index < -0.39 is 0 Å². The molecule has 0 N–H and O–H groups in total. The average molecular weight is 332 g/mol. The Kier molecular flexibility index (Phi) is 4.06. The minimum absolute atomic E-state index is 0.164. The van der Waals surface area contributed by atoms with Crippen molar-refractivity contribution in [3.05, 3.63) is 42.0 Å². The quantitative estimate of drug-likeness (QED) is 0.552. The Balaban J connectivity index is 1.79. The summed E-state index contributed by atoms with van der Waals surface area (Å²) in [6, 6.07) is 12.2. The van der Waals surface area contributed by atoms with Crippen LogP contribution < -0.4 is 4.90 Å². The molecule has 0 atom stereocenters. The minimum atomic E-state index is 0.164. The van der Waals surface area contributed by atoms with Crippen LogP contribution >= 0.6 is 15.9 Å². The van der Waals surface area contributed by atoms with Crippen molar-refractivity contribution in [2.45, 2.75) is 25.7 Å². The summed E-state index contributed by atoms with van der Waals surface area (Å²) in [5.74, 6) is 0.164. The van der Waals surface area contributed by atoms with Gasteiger partial charge in [-0.25, -0.2) is 0 Å². The Bertz CT molecular complexity index is 633. The highest BCUT2D eigenvalue weighted by Gasteiger charge is 2.28. The number of alkyl halides is 1. The fourth-order valence-electron chi connectivity index (χ4n) is 2.92. The van der Waals surface area contributed by atoms with Crippen LogP contribution in [0.3, 0.4) is 0 Å². The topological polar surface area (TPSA) is 20.3 Å². The fraction of sp³-hybridized carbons (Fsp3) is 0.353. The Morgan fingerprint density at radius 2 is 1.70 bits per heavy atom. The van der Waals surface area contributed by atoms with E-state index in [9.17, 15) is 4.79 Å². The third kappa shape index (κ3) is 2.35. The Labute approximate surface area is 127 Å². The first-order chi connectivity index (χ1) is 9.83. The van der Waals surface area contributed by atoms with E-state index in [1.807, 2.05) is 23.1 Å². The Morgan fingerprint density at radius 3 is 2.50 bits per heavy atom. The monoisotopic (exact) mass is 331 g/mol. The predicted molar refractivity (Wildman–Crippen MR) is 87.9 cm³/mol. The molecule has 3 rings (SSSR count). The maximum Gasteiger partial charge on any atom is 0.258 e. The molecule has 0 spiro atoms. The van der Waals surface area contributed by atoms with E-state index in [0.29, 0.717) is 0 Å². The number of hydrogen-bond acceptors (Lipinski definition) is 1. The average Bonchev–Trinajstić information content (AvgIpc) is 2.75. The molecule has 1 aliphatic heterocycles. The van der Waals surface area contributed by atoms with Gasteiger partial charge in [0.15, 0.2) is 0 Å². The number of hydrogen-bond donors (Lipinski definition) is 0. The molecule has 0 fully saturated rings. The summed E-state index contributed by atoms with van der Waals surface area (Å²) >= 11 is 3.45. The standard InChI is InChI=1S/C17H18BrNO/c18-11-3-1-2-4-12-19-15-10-6-8-13-7-5-9-14(16(13)15)17(19)20/h5-10H,1-4,11-12H2. The van der Waals surface area contributed by atoms with Gasteiger partial charge in [0.05, 0.1) is 5.69 Å². The summed E-state index contributed by atoms with van der Waals surface area (Å²) in [6.45, 7) is 0.828. The predicted octanol–water partition coefficient (Wildman–Crippen LogP) is 4.76. The normalized spacial score (nSPS) is 13.4.